The fourth-order valence-electron chi connectivity index (χ4n) is 10.8. The molecule has 0 aliphatic rings. The van der Waals surface area contributed by atoms with Gasteiger partial charge in [-0.1, -0.05) is 306 Å². The Morgan fingerprint density at radius 3 is 0.780 bits per heavy atom. The predicted octanol–water partition coefficient (Wildman–Crippen LogP) is 20.5. The number of aliphatic hydroxyl groups excluding tert-OH is 1. The van der Waals surface area contributed by atoms with Crippen LogP contribution in [-0.4, -0.2) is 96.7 Å². The molecule has 540 valence electrons. The Balaban J connectivity index is 5.17. The molecule has 6 atom stereocenters. The van der Waals surface area contributed by atoms with E-state index in [9.17, 15) is 43.2 Å². The van der Waals surface area contributed by atoms with Gasteiger partial charge in [0.1, 0.15) is 19.3 Å². The Hall–Kier alpha value is -1.94. The van der Waals surface area contributed by atoms with Gasteiger partial charge in [0.05, 0.1) is 26.4 Å². The van der Waals surface area contributed by atoms with Crippen molar-refractivity contribution in [2.24, 2.45) is 23.7 Å². The lowest BCUT2D eigenvalue weighted by Gasteiger charge is -2.21. The van der Waals surface area contributed by atoms with Gasteiger partial charge in [0.15, 0.2) is 12.2 Å². The number of esters is 4. The van der Waals surface area contributed by atoms with Crippen molar-refractivity contribution in [3.05, 3.63) is 0 Å². The van der Waals surface area contributed by atoms with E-state index < -0.39 is 97.5 Å². The second-order valence-electron chi connectivity index (χ2n) is 27.6. The number of phosphoric acid groups is 2. The second-order valence-corrected chi connectivity index (χ2v) is 30.6. The smallest absolute Gasteiger partial charge is 0.462 e. The number of carbonyl (C=O) groups excluding carboxylic acids is 4. The minimum atomic E-state index is -4.95. The molecule has 91 heavy (non-hydrogen) atoms. The lowest BCUT2D eigenvalue weighted by Crippen LogP contribution is -2.30. The molecule has 0 saturated carbocycles. The summed E-state index contributed by atoms with van der Waals surface area (Å²) in [6, 6.07) is 0. The highest BCUT2D eigenvalue weighted by molar-refractivity contribution is 7.47. The van der Waals surface area contributed by atoms with Gasteiger partial charge in [0.25, 0.3) is 0 Å². The summed E-state index contributed by atoms with van der Waals surface area (Å²) in [6.45, 7) is 14.1. The molecule has 0 spiro atoms. The third-order valence-corrected chi connectivity index (χ3v) is 18.8. The van der Waals surface area contributed by atoms with Gasteiger partial charge in [0, 0.05) is 25.7 Å². The first-order valence-electron chi connectivity index (χ1n) is 37.2. The summed E-state index contributed by atoms with van der Waals surface area (Å²) in [7, 11) is -9.90. The quantitative estimate of drug-likeness (QED) is 0.0222. The van der Waals surface area contributed by atoms with E-state index in [1.54, 1.807) is 0 Å². The van der Waals surface area contributed by atoms with E-state index in [0.29, 0.717) is 31.6 Å². The monoisotopic (exact) mass is 1340 g/mol. The highest BCUT2D eigenvalue weighted by Gasteiger charge is 2.30. The molecule has 4 unspecified atom stereocenters. The molecular weight excluding hydrogens is 1200 g/mol. The summed E-state index contributed by atoms with van der Waals surface area (Å²) in [6.07, 6.45) is 44.7. The molecule has 0 rings (SSSR count). The standard InChI is InChI=1S/C72H140O17P2/c1-9-65(8)51-43-35-26-21-23-29-38-46-54-71(76)88-67(58-83-70(75)53-45-37-28-22-20-25-33-41-49-63(4)5)60-86-90(78,79)84-56-66(73)57-85-91(80,81)87-61-68(89-72(77)55-47-39-31-30-34-42-50-64(6)7)59-82-69(74)52-44-36-27-19-17-15-13-11-10-12-14-16-18-24-32-40-48-62(2)3/h62-68,73H,9-61H2,1-8H3,(H,78,79)(H,80,81)/t65?,66?,67-,68-/m1/s1. The van der Waals surface area contributed by atoms with Crippen molar-refractivity contribution in [1.82, 2.24) is 0 Å². The Morgan fingerprint density at radius 1 is 0.308 bits per heavy atom. The van der Waals surface area contributed by atoms with E-state index in [4.69, 9.17) is 37.0 Å². The van der Waals surface area contributed by atoms with E-state index in [1.807, 2.05) is 0 Å². The average Bonchev–Trinajstić information content (AvgIpc) is 3.23. The summed E-state index contributed by atoms with van der Waals surface area (Å²) in [4.78, 5) is 72.5. The van der Waals surface area contributed by atoms with Crippen molar-refractivity contribution in [2.45, 2.75) is 375 Å². The zero-order valence-electron chi connectivity index (χ0n) is 59.5. The maximum atomic E-state index is 13.0. The molecule has 0 aliphatic heterocycles. The predicted molar refractivity (Wildman–Crippen MR) is 367 cm³/mol. The summed E-state index contributed by atoms with van der Waals surface area (Å²) in [5.41, 5.74) is 0. The Labute approximate surface area is 556 Å². The molecule has 0 aromatic rings. The molecule has 0 radical (unpaired) electrons. The first-order chi connectivity index (χ1) is 43.6. The number of rotatable bonds is 69. The lowest BCUT2D eigenvalue weighted by molar-refractivity contribution is -0.161. The number of aliphatic hydroxyl groups is 1. The maximum absolute atomic E-state index is 13.0. The zero-order valence-corrected chi connectivity index (χ0v) is 61.3. The fraction of sp³-hybridized carbons (Fsp3) is 0.944. The first kappa shape index (κ1) is 89.1. The van der Waals surface area contributed by atoms with Crippen LogP contribution in [0, 0.1) is 23.7 Å². The SMILES string of the molecule is CCC(C)CCCCCCCCCCC(=O)O[C@H](COC(=O)CCCCCCCCCCC(C)C)COP(=O)(O)OCC(O)COP(=O)(O)OC[C@@H](COC(=O)CCCCCCCCCCCCCCCCCCC(C)C)OC(=O)CCCCCCCCC(C)C. The normalized spacial score (nSPS) is 14.5. The minimum Gasteiger partial charge on any atom is -0.462 e. The van der Waals surface area contributed by atoms with Gasteiger partial charge in [-0.2, -0.15) is 0 Å². The number of phosphoric ester groups is 2. The van der Waals surface area contributed by atoms with Crippen molar-refractivity contribution in [3.63, 3.8) is 0 Å². The maximum Gasteiger partial charge on any atom is 0.472 e. The molecule has 0 aromatic carbocycles. The van der Waals surface area contributed by atoms with Gasteiger partial charge < -0.3 is 33.8 Å². The molecule has 0 fully saturated rings. The van der Waals surface area contributed by atoms with Gasteiger partial charge in [-0.3, -0.25) is 37.3 Å². The summed E-state index contributed by atoms with van der Waals surface area (Å²) >= 11 is 0. The number of ether oxygens (including phenoxy) is 4. The van der Waals surface area contributed by atoms with Crippen molar-refractivity contribution in [3.8, 4) is 0 Å². The highest BCUT2D eigenvalue weighted by atomic mass is 31.2. The molecule has 0 amide bonds. The molecule has 0 bridgehead atoms. The van der Waals surface area contributed by atoms with E-state index in [-0.39, 0.29) is 25.7 Å². The number of hydrogen-bond acceptors (Lipinski definition) is 15. The largest absolute Gasteiger partial charge is 0.472 e. The molecule has 19 heteroatoms. The molecule has 3 N–H and O–H groups in total. The van der Waals surface area contributed by atoms with Crippen LogP contribution < -0.4 is 0 Å². The van der Waals surface area contributed by atoms with E-state index in [0.717, 1.165) is 108 Å². The molecule has 0 saturated heterocycles. The van der Waals surface area contributed by atoms with Gasteiger partial charge in [0.2, 0.25) is 0 Å². The molecule has 0 aromatic heterocycles. The average molecular weight is 1340 g/mol. The molecule has 0 heterocycles. The molecule has 0 aliphatic carbocycles. The Bertz CT molecular complexity index is 1800. The molecule has 17 nitrogen and oxygen atoms in total. The summed E-state index contributed by atoms with van der Waals surface area (Å²) in [5.74, 6) is 0.845. The van der Waals surface area contributed by atoms with Crippen molar-refractivity contribution in [2.75, 3.05) is 39.6 Å². The lowest BCUT2D eigenvalue weighted by atomic mass is 9.99. The number of carbonyl (C=O) groups is 4. The molecular formula is C72H140O17P2. The topological polar surface area (TPSA) is 237 Å². The zero-order chi connectivity index (χ0) is 67.5. The third-order valence-electron chi connectivity index (χ3n) is 16.9. The van der Waals surface area contributed by atoms with Gasteiger partial charge >= 0.3 is 39.5 Å². The highest BCUT2D eigenvalue weighted by Crippen LogP contribution is 2.45. The summed E-state index contributed by atoms with van der Waals surface area (Å²) < 4.78 is 68.3. The van der Waals surface area contributed by atoms with Gasteiger partial charge in [-0.05, 0) is 49.4 Å². The van der Waals surface area contributed by atoms with Crippen molar-refractivity contribution >= 4 is 39.5 Å². The van der Waals surface area contributed by atoms with Gasteiger partial charge in [-0.25, -0.2) is 9.13 Å². The van der Waals surface area contributed by atoms with Crippen LogP contribution in [0.25, 0.3) is 0 Å². The Kier molecular flexibility index (Phi) is 60.3. The minimum absolute atomic E-state index is 0.102. The fourth-order valence-corrected chi connectivity index (χ4v) is 12.4. The number of unbranched alkanes of at least 4 members (excludes halogenated alkanes) is 34. The number of hydrogen-bond donors (Lipinski definition) is 3. The summed E-state index contributed by atoms with van der Waals surface area (Å²) in [5, 5.41) is 10.6. The second kappa shape index (κ2) is 61.6. The van der Waals surface area contributed by atoms with Crippen LogP contribution in [-0.2, 0) is 65.4 Å². The van der Waals surface area contributed by atoms with Crippen LogP contribution in [0.3, 0.4) is 0 Å². The van der Waals surface area contributed by atoms with Crippen molar-refractivity contribution < 1.29 is 80.2 Å². The van der Waals surface area contributed by atoms with Crippen molar-refractivity contribution in [1.29, 1.82) is 0 Å². The van der Waals surface area contributed by atoms with Gasteiger partial charge in [-0.15, -0.1) is 0 Å². The van der Waals surface area contributed by atoms with Crippen LogP contribution in [0.4, 0.5) is 0 Å². The van der Waals surface area contributed by atoms with Crippen LogP contribution in [0.1, 0.15) is 357 Å². The van der Waals surface area contributed by atoms with Crippen LogP contribution in [0.15, 0.2) is 0 Å². The van der Waals surface area contributed by atoms with E-state index in [1.165, 1.54) is 161 Å². The van der Waals surface area contributed by atoms with Crippen LogP contribution in [0.2, 0.25) is 0 Å². The van der Waals surface area contributed by atoms with Crippen LogP contribution >= 0.6 is 15.6 Å². The first-order valence-corrected chi connectivity index (χ1v) is 40.2. The van der Waals surface area contributed by atoms with Crippen LogP contribution in [0.5, 0.6) is 0 Å². The Morgan fingerprint density at radius 2 is 0.527 bits per heavy atom. The van der Waals surface area contributed by atoms with E-state index >= 15 is 0 Å². The van der Waals surface area contributed by atoms with E-state index in [2.05, 4.69) is 55.4 Å². The third kappa shape index (κ3) is 65.1.